The summed E-state index contributed by atoms with van der Waals surface area (Å²) >= 11 is 0. The summed E-state index contributed by atoms with van der Waals surface area (Å²) in [5.74, 6) is 0. The molecular weight excluding hydrogens is 182 g/mol. The van der Waals surface area contributed by atoms with E-state index in [-0.39, 0.29) is 11.4 Å². The third kappa shape index (κ3) is 7.01. The van der Waals surface area contributed by atoms with Crippen LogP contribution in [0.15, 0.2) is 5.10 Å². The average molecular weight is 195 g/mol. The normalized spacial score (nSPS) is 13.6. The second-order valence-electron chi connectivity index (χ2n) is 2.86. The van der Waals surface area contributed by atoms with Crippen molar-refractivity contribution >= 4 is 12.5 Å². The summed E-state index contributed by atoms with van der Waals surface area (Å²) in [7, 11) is 0. The molecular formula is C9H13N3O2. The summed E-state index contributed by atoms with van der Waals surface area (Å²) in [4.78, 5) is 18.8. The van der Waals surface area contributed by atoms with E-state index in [4.69, 9.17) is 5.26 Å². The molecule has 0 radical (unpaired) electrons. The Kier molecular flexibility index (Phi) is 8.31. The summed E-state index contributed by atoms with van der Waals surface area (Å²) in [6.45, 7) is 0. The van der Waals surface area contributed by atoms with Crippen LogP contribution in [0, 0.1) is 11.5 Å². The van der Waals surface area contributed by atoms with Crippen LogP contribution in [0.1, 0.15) is 38.5 Å². The number of carbonyl (C=O) groups excluding carboxylic acids is 2. The third-order valence-corrected chi connectivity index (χ3v) is 1.85. The van der Waals surface area contributed by atoms with Crippen LogP contribution in [0.5, 0.6) is 0 Å². The summed E-state index contributed by atoms with van der Waals surface area (Å²) in [5.41, 5.74) is 0. The molecule has 76 valence electrons. The number of carbonyl (C=O) groups is 1. The summed E-state index contributed by atoms with van der Waals surface area (Å²) < 4.78 is 0. The van der Waals surface area contributed by atoms with Crippen molar-refractivity contribution < 1.29 is 9.59 Å². The van der Waals surface area contributed by atoms with Crippen molar-refractivity contribution in [3.05, 3.63) is 0 Å². The van der Waals surface area contributed by atoms with Crippen molar-refractivity contribution in [3.8, 4) is 6.19 Å². The van der Waals surface area contributed by atoms with E-state index in [1.165, 1.54) is 44.7 Å². The number of hydrazone groups is 1. The van der Waals surface area contributed by atoms with E-state index in [9.17, 15) is 9.59 Å². The van der Waals surface area contributed by atoms with Crippen molar-refractivity contribution in [1.82, 2.24) is 5.01 Å². The molecule has 5 nitrogen and oxygen atoms in total. The highest BCUT2D eigenvalue weighted by Gasteiger charge is 1.95. The molecule has 0 aromatic rings. The lowest BCUT2D eigenvalue weighted by Gasteiger charge is -2.05. The molecule has 0 spiro atoms. The van der Waals surface area contributed by atoms with Crippen LogP contribution in [0.4, 0.5) is 0 Å². The fourth-order valence-corrected chi connectivity index (χ4v) is 1.17. The average Bonchev–Trinajstić information content (AvgIpc) is 2.29. The highest BCUT2D eigenvalue weighted by molar-refractivity contribution is 5.51. The molecule has 0 bridgehead atoms. The van der Waals surface area contributed by atoms with E-state index < -0.39 is 0 Å². The number of isocyanates is 1. The highest BCUT2D eigenvalue weighted by Crippen LogP contribution is 2.15. The van der Waals surface area contributed by atoms with Gasteiger partial charge in [0.05, 0.1) is 0 Å². The van der Waals surface area contributed by atoms with Crippen molar-refractivity contribution in [2.24, 2.45) is 5.10 Å². The van der Waals surface area contributed by atoms with Gasteiger partial charge < -0.3 is 0 Å². The second kappa shape index (κ2) is 9.43. The van der Waals surface area contributed by atoms with Crippen LogP contribution in [0.3, 0.4) is 0 Å². The molecule has 14 heavy (non-hydrogen) atoms. The van der Waals surface area contributed by atoms with Crippen molar-refractivity contribution in [1.29, 1.82) is 5.26 Å². The second-order valence-corrected chi connectivity index (χ2v) is 2.86. The van der Waals surface area contributed by atoms with Crippen LogP contribution in [0.25, 0.3) is 0 Å². The molecule has 0 atom stereocenters. The molecule has 1 aliphatic carbocycles. The molecule has 1 amide bonds. The monoisotopic (exact) mass is 195 g/mol. The van der Waals surface area contributed by atoms with E-state index in [1.807, 2.05) is 0 Å². The van der Waals surface area contributed by atoms with Gasteiger partial charge in [0.2, 0.25) is 12.6 Å². The first-order valence-corrected chi connectivity index (χ1v) is 4.57. The lowest BCUT2D eigenvalue weighted by Crippen LogP contribution is -2.04. The SMILES string of the molecule is C1CCCCC1.N#CN(C=O)N=C=O. The maximum atomic E-state index is 9.56. The number of nitrogens with zero attached hydrogens (tertiary/aromatic N) is 3. The minimum atomic E-state index is 0.102. The molecule has 0 unspecified atom stereocenters. The van der Waals surface area contributed by atoms with Gasteiger partial charge in [0.15, 0.2) is 0 Å². The molecule has 0 heterocycles. The molecule has 0 aromatic heterocycles. The minimum absolute atomic E-state index is 0.102. The number of nitriles is 1. The number of rotatable bonds is 2. The van der Waals surface area contributed by atoms with Crippen LogP contribution in [-0.2, 0) is 9.59 Å². The molecule has 0 aliphatic heterocycles. The molecule has 0 aromatic carbocycles. The zero-order chi connectivity index (χ0) is 10.6. The maximum Gasteiger partial charge on any atom is 0.259 e. The van der Waals surface area contributed by atoms with E-state index in [0.29, 0.717) is 0 Å². The molecule has 1 saturated carbocycles. The van der Waals surface area contributed by atoms with Gasteiger partial charge in [-0.25, -0.2) is 4.79 Å². The van der Waals surface area contributed by atoms with E-state index in [1.54, 1.807) is 0 Å². The molecule has 0 saturated heterocycles. The van der Waals surface area contributed by atoms with Crippen LogP contribution in [-0.4, -0.2) is 17.5 Å². The largest absolute Gasteiger partial charge is 0.276 e. The predicted octanol–water partition coefficient (Wildman–Crippen LogP) is 1.52. The van der Waals surface area contributed by atoms with Gasteiger partial charge in [0.25, 0.3) is 6.08 Å². The zero-order valence-corrected chi connectivity index (χ0v) is 7.98. The molecule has 0 N–H and O–H groups in total. The summed E-state index contributed by atoms with van der Waals surface area (Å²) in [6.07, 6.45) is 11.4. The topological polar surface area (TPSA) is 73.5 Å². The van der Waals surface area contributed by atoms with E-state index in [0.717, 1.165) is 6.08 Å². The van der Waals surface area contributed by atoms with Crippen molar-refractivity contribution in [3.63, 3.8) is 0 Å². The number of hydrogen-bond donors (Lipinski definition) is 0. The summed E-state index contributed by atoms with van der Waals surface area (Å²) in [6, 6.07) is 0. The summed E-state index contributed by atoms with van der Waals surface area (Å²) in [5, 5.41) is 10.7. The van der Waals surface area contributed by atoms with E-state index >= 15 is 0 Å². The minimum Gasteiger partial charge on any atom is -0.276 e. The molecule has 1 rings (SSSR count). The van der Waals surface area contributed by atoms with Gasteiger partial charge in [0.1, 0.15) is 0 Å². The molecule has 5 heteroatoms. The Bertz CT molecular complexity index is 225. The fraction of sp³-hybridized carbons (Fsp3) is 0.667. The Balaban J connectivity index is 0.000000249. The van der Waals surface area contributed by atoms with Gasteiger partial charge >= 0.3 is 0 Å². The standard InChI is InChI=1S/C6H12.C3HN3O2/c1-2-4-6-5-3-1;4-1-6(3-8)5-2-7/h1-6H2;3H. The lowest BCUT2D eigenvalue weighted by molar-refractivity contribution is -0.115. The van der Waals surface area contributed by atoms with E-state index in [2.05, 4.69) is 5.10 Å². The molecule has 1 fully saturated rings. The first kappa shape index (κ1) is 12.3. The van der Waals surface area contributed by atoms with Gasteiger partial charge in [-0.3, -0.25) is 4.79 Å². The lowest BCUT2D eigenvalue weighted by atomic mass is 10.0. The first-order valence-electron chi connectivity index (χ1n) is 4.57. The Hall–Kier alpha value is -1.66. The first-order chi connectivity index (χ1) is 6.85. The van der Waals surface area contributed by atoms with Crippen LogP contribution in [0.2, 0.25) is 0 Å². The van der Waals surface area contributed by atoms with Crippen LogP contribution < -0.4 is 0 Å². The Morgan fingerprint density at radius 1 is 1.14 bits per heavy atom. The van der Waals surface area contributed by atoms with Crippen LogP contribution >= 0.6 is 0 Å². The highest BCUT2D eigenvalue weighted by atomic mass is 16.2. The quantitative estimate of drug-likeness (QED) is 0.167. The van der Waals surface area contributed by atoms with Gasteiger partial charge in [-0.05, 0) is 0 Å². The zero-order valence-electron chi connectivity index (χ0n) is 7.98. The Morgan fingerprint density at radius 3 is 1.71 bits per heavy atom. The third-order valence-electron chi connectivity index (χ3n) is 1.85. The Morgan fingerprint density at radius 2 is 1.57 bits per heavy atom. The predicted molar refractivity (Wildman–Crippen MR) is 49.3 cm³/mol. The number of hydrogen-bond acceptors (Lipinski definition) is 4. The number of amides is 1. The fourth-order valence-electron chi connectivity index (χ4n) is 1.17. The smallest absolute Gasteiger partial charge is 0.259 e. The van der Waals surface area contributed by atoms with Gasteiger partial charge in [-0.1, -0.05) is 43.6 Å². The van der Waals surface area contributed by atoms with Gasteiger partial charge in [0, 0.05) is 0 Å². The van der Waals surface area contributed by atoms with Crippen molar-refractivity contribution in [2.45, 2.75) is 38.5 Å². The van der Waals surface area contributed by atoms with Crippen molar-refractivity contribution in [2.75, 3.05) is 0 Å². The Labute approximate surface area is 83.0 Å². The maximum absolute atomic E-state index is 9.56. The molecule has 1 aliphatic rings. The van der Waals surface area contributed by atoms with Gasteiger partial charge in [-0.15, -0.1) is 5.01 Å². The van der Waals surface area contributed by atoms with Gasteiger partial charge in [-0.2, -0.15) is 5.26 Å².